The van der Waals surface area contributed by atoms with Crippen molar-refractivity contribution in [2.75, 3.05) is 10.6 Å². The van der Waals surface area contributed by atoms with E-state index in [0.717, 1.165) is 12.1 Å². The van der Waals surface area contributed by atoms with Crippen molar-refractivity contribution in [3.63, 3.8) is 0 Å². The van der Waals surface area contributed by atoms with Crippen molar-refractivity contribution in [3.05, 3.63) is 60.9 Å². The van der Waals surface area contributed by atoms with Crippen LogP contribution in [0.1, 0.15) is 0 Å². The third-order valence-electron chi connectivity index (χ3n) is 2.75. The third kappa shape index (κ3) is 3.64. The molecule has 0 spiro atoms. The molecular formula is C14H10F2N6O. The number of carbonyl (C=O) groups is 1. The van der Waals surface area contributed by atoms with E-state index in [1.807, 2.05) is 0 Å². The predicted octanol–water partition coefficient (Wildman–Crippen LogP) is 2.58. The third-order valence-corrected chi connectivity index (χ3v) is 2.75. The number of amides is 2. The summed E-state index contributed by atoms with van der Waals surface area (Å²) in [6.07, 6.45) is 7.59. The fourth-order valence-electron chi connectivity index (χ4n) is 1.82. The number of rotatable bonds is 3. The Bertz CT molecular complexity index is 800. The summed E-state index contributed by atoms with van der Waals surface area (Å²) in [5, 5.41) is 4.77. The van der Waals surface area contributed by atoms with Crippen molar-refractivity contribution in [1.82, 2.24) is 19.5 Å². The summed E-state index contributed by atoms with van der Waals surface area (Å²) in [5.74, 6) is -1.18. The van der Waals surface area contributed by atoms with E-state index in [1.54, 1.807) is 17.0 Å². The molecule has 3 aromatic rings. The summed E-state index contributed by atoms with van der Waals surface area (Å²) < 4.78 is 27.7. The molecule has 0 fully saturated rings. The Hall–Kier alpha value is -3.36. The number of nitrogens with zero attached hydrogens (tertiary/aromatic N) is 4. The minimum atomic E-state index is -0.784. The zero-order valence-corrected chi connectivity index (χ0v) is 11.6. The molecule has 9 heteroatoms. The Kier molecular flexibility index (Phi) is 3.91. The van der Waals surface area contributed by atoms with Gasteiger partial charge in [0.1, 0.15) is 18.0 Å². The number of urea groups is 1. The minimum Gasteiger partial charge on any atom is -0.308 e. The molecule has 0 aliphatic carbocycles. The lowest BCUT2D eigenvalue weighted by atomic mass is 10.3. The van der Waals surface area contributed by atoms with Crippen LogP contribution < -0.4 is 10.6 Å². The smallest absolute Gasteiger partial charge is 0.308 e. The van der Waals surface area contributed by atoms with Crippen molar-refractivity contribution < 1.29 is 13.6 Å². The van der Waals surface area contributed by atoms with E-state index >= 15 is 0 Å². The van der Waals surface area contributed by atoms with Gasteiger partial charge in [0, 0.05) is 24.1 Å². The van der Waals surface area contributed by atoms with Crippen molar-refractivity contribution >= 4 is 17.4 Å². The quantitative estimate of drug-likeness (QED) is 0.778. The molecule has 0 unspecified atom stereocenters. The molecule has 0 saturated carbocycles. The molecule has 0 bridgehead atoms. The lowest BCUT2D eigenvalue weighted by Crippen LogP contribution is -2.20. The number of aromatic nitrogens is 4. The van der Waals surface area contributed by atoms with E-state index in [2.05, 4.69) is 25.6 Å². The second-order valence-electron chi connectivity index (χ2n) is 4.48. The molecule has 7 nitrogen and oxygen atoms in total. The first kappa shape index (κ1) is 14.6. The molecule has 116 valence electrons. The second kappa shape index (κ2) is 6.18. The fourth-order valence-corrected chi connectivity index (χ4v) is 1.82. The van der Waals surface area contributed by atoms with Crippen LogP contribution in [0.15, 0.2) is 49.3 Å². The topological polar surface area (TPSA) is 84.7 Å². The predicted molar refractivity (Wildman–Crippen MR) is 78.2 cm³/mol. The van der Waals surface area contributed by atoms with Gasteiger partial charge < -0.3 is 10.6 Å². The van der Waals surface area contributed by atoms with Crippen LogP contribution in [0.3, 0.4) is 0 Å². The summed E-state index contributed by atoms with van der Waals surface area (Å²) in [6, 6.07) is 2.04. The van der Waals surface area contributed by atoms with Crippen molar-refractivity contribution in [1.29, 1.82) is 0 Å². The Morgan fingerprint density at radius 2 is 1.65 bits per heavy atom. The maximum Gasteiger partial charge on any atom is 0.323 e. The average Bonchev–Trinajstić information content (AvgIpc) is 3.01. The molecule has 2 amide bonds. The number of halogens is 2. The van der Waals surface area contributed by atoms with Gasteiger partial charge in [0.05, 0.1) is 18.1 Å². The van der Waals surface area contributed by atoms with Gasteiger partial charge in [0.15, 0.2) is 0 Å². The van der Waals surface area contributed by atoms with E-state index in [9.17, 15) is 13.6 Å². The number of hydrogen-bond donors (Lipinski definition) is 2. The Morgan fingerprint density at radius 3 is 2.26 bits per heavy atom. The van der Waals surface area contributed by atoms with Crippen molar-refractivity contribution in [2.45, 2.75) is 0 Å². The molecule has 0 radical (unpaired) electrons. The molecule has 0 aliphatic heterocycles. The van der Waals surface area contributed by atoms with Gasteiger partial charge in [-0.3, -0.25) is 4.57 Å². The van der Waals surface area contributed by atoms with E-state index < -0.39 is 17.7 Å². The monoisotopic (exact) mass is 316 g/mol. The number of carbonyl (C=O) groups excluding carboxylic acids is 1. The first-order valence-electron chi connectivity index (χ1n) is 6.44. The highest BCUT2D eigenvalue weighted by atomic mass is 19.1. The molecule has 0 saturated heterocycles. The molecule has 1 aromatic carbocycles. The zero-order chi connectivity index (χ0) is 16.2. The number of hydrogen-bond acceptors (Lipinski definition) is 4. The first-order valence-corrected chi connectivity index (χ1v) is 6.44. The minimum absolute atomic E-state index is 0.00375. The molecule has 0 aliphatic rings. The summed E-state index contributed by atoms with van der Waals surface area (Å²) in [6.45, 7) is 0. The number of imidazole rings is 1. The SMILES string of the molecule is O=C(Nc1cnc(-n2ccnc2)nc1)Nc1cc(F)cc(F)c1. The Balaban J connectivity index is 1.65. The van der Waals surface area contributed by atoms with Crippen LogP contribution in [0.2, 0.25) is 0 Å². The largest absolute Gasteiger partial charge is 0.323 e. The lowest BCUT2D eigenvalue weighted by Gasteiger charge is -2.08. The average molecular weight is 316 g/mol. The van der Waals surface area contributed by atoms with Crippen molar-refractivity contribution in [3.8, 4) is 5.95 Å². The van der Waals surface area contributed by atoms with Crippen molar-refractivity contribution in [2.24, 2.45) is 0 Å². The van der Waals surface area contributed by atoms with E-state index in [-0.39, 0.29) is 5.69 Å². The van der Waals surface area contributed by atoms with Crippen LogP contribution >= 0.6 is 0 Å². The van der Waals surface area contributed by atoms with Gasteiger partial charge in [-0.15, -0.1) is 0 Å². The van der Waals surface area contributed by atoms with Gasteiger partial charge in [-0.1, -0.05) is 0 Å². The van der Waals surface area contributed by atoms with Gasteiger partial charge in [0.2, 0.25) is 5.95 Å². The summed E-state index contributed by atoms with van der Waals surface area (Å²) in [5.41, 5.74) is 0.319. The number of nitrogens with one attached hydrogen (secondary N) is 2. The molecule has 2 N–H and O–H groups in total. The lowest BCUT2D eigenvalue weighted by molar-refractivity contribution is 0.262. The van der Waals surface area contributed by atoms with Gasteiger partial charge in [-0.05, 0) is 12.1 Å². The Morgan fingerprint density at radius 1 is 1.00 bits per heavy atom. The standard InChI is InChI=1S/C14H10F2N6O/c15-9-3-10(16)5-11(4-9)20-14(23)21-12-6-18-13(19-7-12)22-2-1-17-8-22/h1-8H,(H2,20,21,23). The van der Waals surface area contributed by atoms with Crippen LogP contribution in [-0.4, -0.2) is 25.6 Å². The van der Waals surface area contributed by atoms with Gasteiger partial charge in [-0.25, -0.2) is 28.5 Å². The van der Waals surface area contributed by atoms with Gasteiger partial charge in [0.25, 0.3) is 0 Å². The summed E-state index contributed by atoms with van der Waals surface area (Å²) in [4.78, 5) is 23.8. The first-order chi connectivity index (χ1) is 11.1. The van der Waals surface area contributed by atoms with Gasteiger partial charge in [-0.2, -0.15) is 0 Å². The molecular weight excluding hydrogens is 306 g/mol. The normalized spacial score (nSPS) is 10.3. The van der Waals surface area contributed by atoms with Crippen LogP contribution in [0, 0.1) is 11.6 Å². The highest BCUT2D eigenvalue weighted by Gasteiger charge is 2.07. The second-order valence-corrected chi connectivity index (χ2v) is 4.48. The van der Waals surface area contributed by atoms with Crippen LogP contribution in [0.5, 0.6) is 0 Å². The van der Waals surface area contributed by atoms with Crippen LogP contribution in [0.25, 0.3) is 5.95 Å². The highest BCUT2D eigenvalue weighted by Crippen LogP contribution is 2.13. The number of anilines is 2. The van der Waals surface area contributed by atoms with E-state index in [4.69, 9.17) is 0 Å². The molecule has 3 rings (SSSR count). The molecule has 0 atom stereocenters. The molecule has 2 heterocycles. The maximum absolute atomic E-state index is 13.0. The summed E-state index contributed by atoms with van der Waals surface area (Å²) in [7, 11) is 0. The Labute approximate surface area is 129 Å². The van der Waals surface area contributed by atoms with E-state index in [0.29, 0.717) is 17.7 Å². The van der Waals surface area contributed by atoms with Crippen LogP contribution in [0.4, 0.5) is 25.0 Å². The zero-order valence-electron chi connectivity index (χ0n) is 11.6. The molecule has 2 aromatic heterocycles. The fraction of sp³-hybridized carbons (Fsp3) is 0. The number of benzene rings is 1. The van der Waals surface area contributed by atoms with Crippen LogP contribution in [-0.2, 0) is 0 Å². The maximum atomic E-state index is 13.0. The highest BCUT2D eigenvalue weighted by molar-refractivity contribution is 5.99. The van der Waals surface area contributed by atoms with Gasteiger partial charge >= 0.3 is 6.03 Å². The summed E-state index contributed by atoms with van der Waals surface area (Å²) >= 11 is 0. The molecule has 23 heavy (non-hydrogen) atoms. The van der Waals surface area contributed by atoms with E-state index in [1.165, 1.54) is 18.7 Å².